The molecule has 1 nitrogen and oxygen atoms in total. The molecule has 0 amide bonds. The predicted molar refractivity (Wildman–Crippen MR) is 81.3 cm³/mol. The van der Waals surface area contributed by atoms with E-state index in [1.807, 2.05) is 6.07 Å². The van der Waals surface area contributed by atoms with E-state index in [1.165, 1.54) is 56.6 Å². The van der Waals surface area contributed by atoms with E-state index in [0.29, 0.717) is 18.0 Å². The summed E-state index contributed by atoms with van der Waals surface area (Å²) >= 11 is 0. The second-order valence-electron chi connectivity index (χ2n) is 6.77. The van der Waals surface area contributed by atoms with Crippen molar-refractivity contribution in [1.29, 1.82) is 0 Å². The zero-order valence-corrected chi connectivity index (χ0v) is 12.4. The normalized spacial score (nSPS) is 28.9. The zero-order chi connectivity index (χ0) is 13.9. The minimum atomic E-state index is -0.102. The van der Waals surface area contributed by atoms with Crippen LogP contribution >= 0.6 is 0 Å². The van der Waals surface area contributed by atoms with Crippen molar-refractivity contribution in [2.24, 2.45) is 5.92 Å². The van der Waals surface area contributed by atoms with Gasteiger partial charge in [0, 0.05) is 12.1 Å². The van der Waals surface area contributed by atoms with E-state index in [1.54, 1.807) is 6.07 Å². The van der Waals surface area contributed by atoms with Gasteiger partial charge in [0.05, 0.1) is 0 Å². The van der Waals surface area contributed by atoms with E-state index in [4.69, 9.17) is 0 Å². The lowest BCUT2D eigenvalue weighted by Gasteiger charge is -2.40. The lowest BCUT2D eigenvalue weighted by atomic mass is 9.75. The summed E-state index contributed by atoms with van der Waals surface area (Å²) in [5.41, 5.74) is 1.17. The fourth-order valence-electron chi connectivity index (χ4n) is 3.93. The maximum absolute atomic E-state index is 13.2. The van der Waals surface area contributed by atoms with Crippen molar-refractivity contribution >= 4 is 0 Å². The van der Waals surface area contributed by atoms with E-state index in [-0.39, 0.29) is 5.82 Å². The summed E-state index contributed by atoms with van der Waals surface area (Å²) in [5, 5.41) is 3.81. The van der Waals surface area contributed by atoms with E-state index in [2.05, 4.69) is 18.3 Å². The Morgan fingerprint density at radius 2 is 1.90 bits per heavy atom. The summed E-state index contributed by atoms with van der Waals surface area (Å²) in [6.07, 6.45) is 9.37. The van der Waals surface area contributed by atoms with E-state index in [0.717, 1.165) is 5.92 Å². The van der Waals surface area contributed by atoms with Crippen molar-refractivity contribution in [2.45, 2.75) is 69.9 Å². The predicted octanol–water partition coefficient (Wildman–Crippen LogP) is 4.63. The molecule has 2 aliphatic rings. The van der Waals surface area contributed by atoms with Gasteiger partial charge in [-0.15, -0.1) is 0 Å². The first-order valence-corrected chi connectivity index (χ1v) is 8.24. The highest BCUT2D eigenvalue weighted by atomic mass is 19.1. The average molecular weight is 275 g/mol. The van der Waals surface area contributed by atoms with Crippen molar-refractivity contribution in [2.75, 3.05) is 0 Å². The molecule has 0 spiro atoms. The van der Waals surface area contributed by atoms with Gasteiger partial charge in [0.15, 0.2) is 0 Å². The molecule has 2 saturated carbocycles. The van der Waals surface area contributed by atoms with Crippen molar-refractivity contribution in [1.82, 2.24) is 5.32 Å². The number of benzene rings is 1. The number of rotatable bonds is 4. The summed E-state index contributed by atoms with van der Waals surface area (Å²) in [6.45, 7) is 2.35. The summed E-state index contributed by atoms with van der Waals surface area (Å²) in [5.74, 6) is 1.33. The molecule has 20 heavy (non-hydrogen) atoms. The van der Waals surface area contributed by atoms with Crippen molar-refractivity contribution in [3.8, 4) is 0 Å². The maximum atomic E-state index is 13.2. The second-order valence-corrected chi connectivity index (χ2v) is 6.77. The molecule has 2 aliphatic carbocycles. The van der Waals surface area contributed by atoms with Gasteiger partial charge in [-0.1, -0.05) is 31.4 Å². The van der Waals surface area contributed by atoms with Gasteiger partial charge in [0.2, 0.25) is 0 Å². The van der Waals surface area contributed by atoms with Gasteiger partial charge in [-0.2, -0.15) is 0 Å². The molecule has 110 valence electrons. The third-order valence-corrected chi connectivity index (χ3v) is 5.31. The van der Waals surface area contributed by atoms with Crippen LogP contribution in [-0.4, -0.2) is 12.1 Å². The number of nitrogens with one attached hydrogen (secondary N) is 1. The van der Waals surface area contributed by atoms with Crippen LogP contribution in [0.3, 0.4) is 0 Å². The Balaban J connectivity index is 1.46. The van der Waals surface area contributed by atoms with Crippen LogP contribution < -0.4 is 5.32 Å². The van der Waals surface area contributed by atoms with E-state index in [9.17, 15) is 4.39 Å². The number of hydrogen-bond acceptors (Lipinski definition) is 1. The molecule has 1 N–H and O–H groups in total. The summed E-state index contributed by atoms with van der Waals surface area (Å²) in [7, 11) is 0. The standard InChI is InChI=1S/C18H26FN/c1-13(14-6-3-2-4-7-14)20-18-11-16(12-18)15-8-5-9-17(19)10-15/h5,8-10,13-14,16,18,20H,2-4,6-7,11-12H2,1H3. The molecular formula is C18H26FN. The quantitative estimate of drug-likeness (QED) is 0.844. The zero-order valence-electron chi connectivity index (χ0n) is 12.4. The molecule has 3 rings (SSSR count). The van der Waals surface area contributed by atoms with Gasteiger partial charge in [-0.25, -0.2) is 4.39 Å². The van der Waals surface area contributed by atoms with Crippen LogP contribution in [0.2, 0.25) is 0 Å². The maximum Gasteiger partial charge on any atom is 0.123 e. The fraction of sp³-hybridized carbons (Fsp3) is 0.667. The monoisotopic (exact) mass is 275 g/mol. The van der Waals surface area contributed by atoms with Crippen molar-refractivity contribution in [3.05, 3.63) is 35.6 Å². The Morgan fingerprint density at radius 1 is 1.15 bits per heavy atom. The summed E-state index contributed by atoms with van der Waals surface area (Å²) in [6, 6.07) is 8.41. The van der Waals surface area contributed by atoms with Crippen LogP contribution in [0.4, 0.5) is 4.39 Å². The molecule has 0 heterocycles. The largest absolute Gasteiger partial charge is 0.311 e. The first-order chi connectivity index (χ1) is 9.72. The Morgan fingerprint density at radius 3 is 2.60 bits per heavy atom. The Labute approximate surface area is 122 Å². The first-order valence-electron chi connectivity index (χ1n) is 8.24. The van der Waals surface area contributed by atoms with Gasteiger partial charge >= 0.3 is 0 Å². The molecule has 0 radical (unpaired) electrons. The highest BCUT2D eigenvalue weighted by molar-refractivity contribution is 5.23. The van der Waals surface area contributed by atoms with Gasteiger partial charge in [0.1, 0.15) is 5.82 Å². The molecule has 0 bridgehead atoms. The van der Waals surface area contributed by atoms with Crippen LogP contribution in [0.1, 0.15) is 63.4 Å². The molecule has 0 aliphatic heterocycles. The van der Waals surface area contributed by atoms with Crippen molar-refractivity contribution in [3.63, 3.8) is 0 Å². The Bertz CT molecular complexity index is 433. The van der Waals surface area contributed by atoms with Crippen LogP contribution in [0.25, 0.3) is 0 Å². The third kappa shape index (κ3) is 3.22. The fourth-order valence-corrected chi connectivity index (χ4v) is 3.93. The first kappa shape index (κ1) is 14.1. The molecule has 0 aromatic heterocycles. The van der Waals surface area contributed by atoms with Crippen LogP contribution in [-0.2, 0) is 0 Å². The summed E-state index contributed by atoms with van der Waals surface area (Å²) in [4.78, 5) is 0. The van der Waals surface area contributed by atoms with Gasteiger partial charge in [-0.3, -0.25) is 0 Å². The molecule has 2 heteroatoms. The van der Waals surface area contributed by atoms with Gasteiger partial charge in [0.25, 0.3) is 0 Å². The molecule has 1 aromatic carbocycles. The van der Waals surface area contributed by atoms with Crippen molar-refractivity contribution < 1.29 is 4.39 Å². The molecule has 0 saturated heterocycles. The third-order valence-electron chi connectivity index (χ3n) is 5.31. The lowest BCUT2D eigenvalue weighted by molar-refractivity contribution is 0.210. The topological polar surface area (TPSA) is 12.0 Å². The van der Waals surface area contributed by atoms with Gasteiger partial charge < -0.3 is 5.32 Å². The SMILES string of the molecule is CC(NC1CC(c2cccc(F)c2)C1)C1CCCCC1. The Kier molecular flexibility index (Phi) is 4.40. The van der Waals surface area contributed by atoms with Crippen LogP contribution in [0, 0.1) is 11.7 Å². The highest BCUT2D eigenvalue weighted by Gasteiger charge is 2.32. The average Bonchev–Trinajstić information content (AvgIpc) is 2.43. The minimum absolute atomic E-state index is 0.102. The van der Waals surface area contributed by atoms with Crippen LogP contribution in [0.5, 0.6) is 0 Å². The van der Waals surface area contributed by atoms with Crippen LogP contribution in [0.15, 0.2) is 24.3 Å². The number of halogens is 1. The smallest absolute Gasteiger partial charge is 0.123 e. The van der Waals surface area contributed by atoms with E-state index >= 15 is 0 Å². The molecule has 2 fully saturated rings. The highest BCUT2D eigenvalue weighted by Crippen LogP contribution is 2.38. The molecular weight excluding hydrogens is 249 g/mol. The molecule has 1 unspecified atom stereocenters. The lowest BCUT2D eigenvalue weighted by Crippen LogP contribution is -2.47. The van der Waals surface area contributed by atoms with E-state index < -0.39 is 0 Å². The Hall–Kier alpha value is -0.890. The second kappa shape index (κ2) is 6.26. The molecule has 1 aromatic rings. The minimum Gasteiger partial charge on any atom is -0.311 e. The summed E-state index contributed by atoms with van der Waals surface area (Å²) < 4.78 is 13.2. The number of hydrogen-bond donors (Lipinski definition) is 1. The van der Waals surface area contributed by atoms with Gasteiger partial charge in [-0.05, 0) is 62.1 Å². The molecule has 1 atom stereocenters.